The van der Waals surface area contributed by atoms with Crippen LogP contribution in [0.4, 0.5) is 0 Å². The average Bonchev–Trinajstić information content (AvgIpc) is 2.83. The minimum absolute atomic E-state index is 0.220. The molecule has 0 unspecified atom stereocenters. The van der Waals surface area contributed by atoms with Gasteiger partial charge in [-0.05, 0) is 56.1 Å². The van der Waals surface area contributed by atoms with Crippen molar-refractivity contribution in [2.75, 3.05) is 13.1 Å². The monoisotopic (exact) mass is 292 g/mol. The Balaban J connectivity index is 1.82. The second-order valence-corrected chi connectivity index (χ2v) is 5.63. The van der Waals surface area contributed by atoms with Crippen LogP contribution in [0.5, 0.6) is 0 Å². The highest BCUT2D eigenvalue weighted by atomic mass is 32.1. The molecule has 2 rings (SSSR count). The van der Waals surface area contributed by atoms with Gasteiger partial charge in [-0.2, -0.15) is 0 Å². The Morgan fingerprint density at radius 1 is 1.45 bits per heavy atom. The molecule has 1 aromatic rings. The van der Waals surface area contributed by atoms with E-state index in [2.05, 4.69) is 17.1 Å². The van der Waals surface area contributed by atoms with Gasteiger partial charge in [-0.15, -0.1) is 0 Å². The quantitative estimate of drug-likeness (QED) is 0.672. The van der Waals surface area contributed by atoms with Crippen molar-refractivity contribution in [1.82, 2.24) is 10.2 Å². The maximum Gasteiger partial charge on any atom is 0.250 e. The number of furan rings is 1. The molecule has 5 heteroatoms. The minimum Gasteiger partial charge on any atom is -0.462 e. The molecule has 0 bridgehead atoms. The fourth-order valence-electron chi connectivity index (χ4n) is 2.14. The third-order valence-corrected chi connectivity index (χ3v) is 3.82. The summed E-state index contributed by atoms with van der Waals surface area (Å²) in [5.74, 6) is 2.01. The molecule has 4 nitrogen and oxygen atoms in total. The number of nitrogens with one attached hydrogen (secondary N) is 1. The zero-order valence-corrected chi connectivity index (χ0v) is 12.7. The molecule has 0 atom stereocenters. The fraction of sp³-hybridized carbons (Fsp3) is 0.467. The van der Waals surface area contributed by atoms with Gasteiger partial charge in [0.05, 0.1) is 0 Å². The van der Waals surface area contributed by atoms with E-state index >= 15 is 0 Å². The summed E-state index contributed by atoms with van der Waals surface area (Å²) in [4.78, 5) is 13.8. The molecule has 108 valence electrons. The van der Waals surface area contributed by atoms with Crippen LogP contribution in [0.1, 0.15) is 31.3 Å². The average molecular weight is 292 g/mol. The van der Waals surface area contributed by atoms with Crippen LogP contribution in [0.15, 0.2) is 22.6 Å². The molecule has 0 aliphatic carbocycles. The molecule has 1 aromatic heterocycles. The summed E-state index contributed by atoms with van der Waals surface area (Å²) in [7, 11) is 0. The Kier molecular flexibility index (Phi) is 4.95. The van der Waals surface area contributed by atoms with Gasteiger partial charge in [-0.1, -0.05) is 6.92 Å². The smallest absolute Gasteiger partial charge is 0.250 e. The molecule has 1 aliphatic rings. The van der Waals surface area contributed by atoms with E-state index in [-0.39, 0.29) is 5.91 Å². The number of likely N-dealkylation sites (tertiary alicyclic amines) is 1. The number of carbonyl (C=O) groups excluding carboxylic acids is 1. The number of carbonyl (C=O) groups is 1. The predicted molar refractivity (Wildman–Crippen MR) is 83.2 cm³/mol. The fourth-order valence-corrected chi connectivity index (χ4v) is 2.42. The number of thiocarbonyl (C=S) groups is 1. The summed E-state index contributed by atoms with van der Waals surface area (Å²) >= 11 is 5.26. The van der Waals surface area contributed by atoms with Crippen molar-refractivity contribution in [1.29, 1.82) is 0 Å². The van der Waals surface area contributed by atoms with Crippen molar-refractivity contribution in [3.63, 3.8) is 0 Å². The van der Waals surface area contributed by atoms with Gasteiger partial charge in [0.25, 0.3) is 0 Å². The van der Waals surface area contributed by atoms with Crippen LogP contribution in [-0.4, -0.2) is 29.0 Å². The summed E-state index contributed by atoms with van der Waals surface area (Å²) in [6.07, 6.45) is 5.33. The predicted octanol–water partition coefficient (Wildman–Crippen LogP) is 2.73. The van der Waals surface area contributed by atoms with Gasteiger partial charge in [0.15, 0.2) is 5.11 Å². The van der Waals surface area contributed by atoms with Crippen molar-refractivity contribution < 1.29 is 9.21 Å². The second-order valence-electron chi connectivity index (χ2n) is 5.25. The minimum atomic E-state index is -0.220. The van der Waals surface area contributed by atoms with Gasteiger partial charge in [0, 0.05) is 19.2 Å². The Labute approximate surface area is 124 Å². The lowest BCUT2D eigenvalue weighted by Crippen LogP contribution is -2.45. The summed E-state index contributed by atoms with van der Waals surface area (Å²) in [6.45, 7) is 5.94. The molecule has 2 heterocycles. The number of rotatable bonds is 2. The van der Waals surface area contributed by atoms with E-state index in [1.807, 2.05) is 19.1 Å². The second kappa shape index (κ2) is 6.70. The highest BCUT2D eigenvalue weighted by molar-refractivity contribution is 7.80. The van der Waals surface area contributed by atoms with E-state index in [9.17, 15) is 4.79 Å². The molecule has 0 saturated carbocycles. The molecule has 1 saturated heterocycles. The van der Waals surface area contributed by atoms with Gasteiger partial charge < -0.3 is 9.32 Å². The van der Waals surface area contributed by atoms with Crippen molar-refractivity contribution in [3.8, 4) is 0 Å². The van der Waals surface area contributed by atoms with Gasteiger partial charge in [0.2, 0.25) is 5.91 Å². The zero-order valence-electron chi connectivity index (χ0n) is 11.9. The highest BCUT2D eigenvalue weighted by Gasteiger charge is 2.18. The van der Waals surface area contributed by atoms with Crippen molar-refractivity contribution in [2.24, 2.45) is 5.92 Å². The van der Waals surface area contributed by atoms with E-state index in [0.29, 0.717) is 10.9 Å². The maximum absolute atomic E-state index is 11.8. The van der Waals surface area contributed by atoms with Crippen LogP contribution >= 0.6 is 12.2 Å². The number of amides is 1. The van der Waals surface area contributed by atoms with Crippen molar-refractivity contribution in [3.05, 3.63) is 29.7 Å². The largest absolute Gasteiger partial charge is 0.462 e. The van der Waals surface area contributed by atoms with Crippen LogP contribution in [0.3, 0.4) is 0 Å². The molecule has 1 aliphatic heterocycles. The first-order valence-electron chi connectivity index (χ1n) is 6.89. The van der Waals surface area contributed by atoms with Crippen LogP contribution in [0.25, 0.3) is 6.08 Å². The van der Waals surface area contributed by atoms with E-state index in [4.69, 9.17) is 16.6 Å². The first-order chi connectivity index (χ1) is 9.54. The lowest BCUT2D eigenvalue weighted by atomic mass is 10.00. The van der Waals surface area contributed by atoms with Gasteiger partial charge in [-0.25, -0.2) is 0 Å². The Morgan fingerprint density at radius 2 is 2.15 bits per heavy atom. The highest BCUT2D eigenvalue weighted by Crippen LogP contribution is 2.15. The first-order valence-corrected chi connectivity index (χ1v) is 7.30. The Morgan fingerprint density at radius 3 is 2.75 bits per heavy atom. The Hall–Kier alpha value is -1.62. The lowest BCUT2D eigenvalue weighted by molar-refractivity contribution is -0.115. The third-order valence-electron chi connectivity index (χ3n) is 3.46. The SMILES string of the molecule is Cc1ccc(/C=C/C(=O)NC(=S)N2CCC(C)CC2)o1. The third kappa shape index (κ3) is 4.20. The van der Waals surface area contributed by atoms with Crippen molar-refractivity contribution >= 4 is 29.3 Å². The molecule has 0 spiro atoms. The number of aryl methyl sites for hydroxylation is 1. The van der Waals surface area contributed by atoms with Crippen molar-refractivity contribution in [2.45, 2.75) is 26.7 Å². The molecular formula is C15H20N2O2S. The molecule has 1 amide bonds. The first kappa shape index (κ1) is 14.8. The number of hydrogen-bond acceptors (Lipinski definition) is 3. The van der Waals surface area contributed by atoms with Crippen LogP contribution < -0.4 is 5.32 Å². The number of hydrogen-bond donors (Lipinski definition) is 1. The summed E-state index contributed by atoms with van der Waals surface area (Å²) in [5.41, 5.74) is 0. The van der Waals surface area contributed by atoms with Gasteiger partial charge in [-0.3, -0.25) is 10.1 Å². The lowest BCUT2D eigenvalue weighted by Gasteiger charge is -2.31. The normalized spacial score (nSPS) is 16.6. The summed E-state index contributed by atoms with van der Waals surface area (Å²) < 4.78 is 5.36. The molecular weight excluding hydrogens is 272 g/mol. The number of nitrogens with zero attached hydrogens (tertiary/aromatic N) is 1. The van der Waals surface area contributed by atoms with Gasteiger partial charge in [0.1, 0.15) is 11.5 Å². The summed E-state index contributed by atoms with van der Waals surface area (Å²) in [5, 5.41) is 3.25. The summed E-state index contributed by atoms with van der Waals surface area (Å²) in [6, 6.07) is 3.68. The van der Waals surface area contributed by atoms with Gasteiger partial charge >= 0.3 is 0 Å². The van der Waals surface area contributed by atoms with Crippen LogP contribution in [-0.2, 0) is 4.79 Å². The zero-order chi connectivity index (χ0) is 14.5. The number of piperidine rings is 1. The molecule has 0 aromatic carbocycles. The van der Waals surface area contributed by atoms with Crippen LogP contribution in [0, 0.1) is 12.8 Å². The van der Waals surface area contributed by atoms with Crippen LogP contribution in [0.2, 0.25) is 0 Å². The van der Waals surface area contributed by atoms with E-state index in [1.165, 1.54) is 6.08 Å². The topological polar surface area (TPSA) is 45.5 Å². The van der Waals surface area contributed by atoms with E-state index in [1.54, 1.807) is 6.08 Å². The Bertz CT molecular complexity index is 514. The molecule has 20 heavy (non-hydrogen) atoms. The standard InChI is InChI=1S/C15H20N2O2S/c1-11-7-9-17(10-8-11)15(20)16-14(18)6-5-13-4-3-12(2)19-13/h3-6,11H,7-10H2,1-2H3,(H,16,18,20)/b6-5+. The molecule has 1 fully saturated rings. The van der Waals surface area contributed by atoms with E-state index in [0.717, 1.165) is 37.6 Å². The molecule has 0 radical (unpaired) electrons. The molecule has 1 N–H and O–H groups in total. The maximum atomic E-state index is 11.8. The van der Waals surface area contributed by atoms with E-state index < -0.39 is 0 Å².